The molecule has 8 rings (SSSR count). The Morgan fingerprint density at radius 2 is 1.29 bits per heavy atom. The van der Waals surface area contributed by atoms with E-state index in [-0.39, 0.29) is 5.41 Å². The van der Waals surface area contributed by atoms with Gasteiger partial charge in [-0.15, -0.1) is 6.42 Å². The van der Waals surface area contributed by atoms with E-state index in [0.29, 0.717) is 21.7 Å². The summed E-state index contributed by atoms with van der Waals surface area (Å²) >= 11 is 0. The minimum absolute atomic E-state index is 0.276. The highest BCUT2D eigenvalue weighted by Crippen LogP contribution is 2.80. The topological polar surface area (TPSA) is 0 Å². The quantitative estimate of drug-likeness (QED) is 0.504. The lowest BCUT2D eigenvalue weighted by Gasteiger charge is -2.75. The molecular formula is C24H34. The number of terminal acetylenes is 1. The molecule has 0 heteroatoms. The zero-order chi connectivity index (χ0) is 16.4. The lowest BCUT2D eigenvalue weighted by molar-refractivity contribution is -0.243. The Labute approximate surface area is 148 Å². The summed E-state index contributed by atoms with van der Waals surface area (Å²) in [5, 5.41) is 0. The lowest BCUT2D eigenvalue weighted by Crippen LogP contribution is -2.65. The smallest absolute Gasteiger partial charge is 0.0325 e. The van der Waals surface area contributed by atoms with Crippen LogP contribution in [0.1, 0.15) is 90.9 Å². The van der Waals surface area contributed by atoms with Gasteiger partial charge in [-0.05, 0) is 116 Å². The summed E-state index contributed by atoms with van der Waals surface area (Å²) < 4.78 is 0. The Morgan fingerprint density at radius 3 is 1.92 bits per heavy atom. The van der Waals surface area contributed by atoms with E-state index in [1.807, 2.05) is 0 Å². The van der Waals surface area contributed by atoms with Gasteiger partial charge in [0.25, 0.3) is 0 Å². The molecule has 0 aromatic heterocycles. The van der Waals surface area contributed by atoms with Crippen molar-refractivity contribution < 1.29 is 0 Å². The molecule has 0 aromatic carbocycles. The molecule has 0 spiro atoms. The molecule has 0 radical (unpaired) electrons. The third-order valence-corrected chi connectivity index (χ3v) is 10.1. The van der Waals surface area contributed by atoms with Crippen molar-refractivity contribution in [3.63, 3.8) is 0 Å². The SMILES string of the molecule is C#CC12CC3CC(C)(C1)CC(C14CC5CC(CC(C)(C5)C1)C4)(C3)C2. The van der Waals surface area contributed by atoms with Gasteiger partial charge in [-0.25, -0.2) is 0 Å². The molecule has 0 N–H and O–H groups in total. The van der Waals surface area contributed by atoms with E-state index >= 15 is 0 Å². The fourth-order valence-corrected chi connectivity index (χ4v) is 11.0. The average molecular weight is 323 g/mol. The monoisotopic (exact) mass is 322 g/mol. The van der Waals surface area contributed by atoms with Crippen molar-refractivity contribution in [1.29, 1.82) is 0 Å². The van der Waals surface area contributed by atoms with Crippen molar-refractivity contribution >= 4 is 0 Å². The standard InChI is InChI=1S/C24H34/c1-4-22-9-19-8-21(3,13-22)15-24(12-19,16-22)23-10-17-5-18(11-23)7-20(2,6-17)14-23/h1,17-19H,5-16H2,2-3H3. The van der Waals surface area contributed by atoms with E-state index in [9.17, 15) is 0 Å². The number of hydrogen-bond acceptors (Lipinski definition) is 0. The maximum atomic E-state index is 6.21. The lowest BCUT2D eigenvalue weighted by atomic mass is 9.30. The van der Waals surface area contributed by atoms with Crippen LogP contribution in [0.25, 0.3) is 0 Å². The van der Waals surface area contributed by atoms with Crippen LogP contribution in [0.3, 0.4) is 0 Å². The molecule has 8 aliphatic carbocycles. The highest BCUT2D eigenvalue weighted by atomic mass is 14.7. The van der Waals surface area contributed by atoms with Crippen LogP contribution in [-0.2, 0) is 0 Å². The summed E-state index contributed by atoms with van der Waals surface area (Å²) in [5.41, 5.74) is 2.81. The van der Waals surface area contributed by atoms with Gasteiger partial charge in [0.1, 0.15) is 0 Å². The van der Waals surface area contributed by atoms with Crippen LogP contribution >= 0.6 is 0 Å². The van der Waals surface area contributed by atoms with Gasteiger partial charge in [0.2, 0.25) is 0 Å². The largest absolute Gasteiger partial charge is 0.120 e. The van der Waals surface area contributed by atoms with Gasteiger partial charge in [0.05, 0.1) is 0 Å². The molecule has 8 fully saturated rings. The molecule has 6 atom stereocenters. The zero-order valence-corrected chi connectivity index (χ0v) is 15.8. The molecule has 0 aliphatic heterocycles. The van der Waals surface area contributed by atoms with E-state index in [1.165, 1.54) is 32.1 Å². The molecule has 0 heterocycles. The molecular weight excluding hydrogens is 288 g/mol. The molecule has 24 heavy (non-hydrogen) atoms. The molecule has 0 nitrogen and oxygen atoms in total. The van der Waals surface area contributed by atoms with Gasteiger partial charge in [0, 0.05) is 5.41 Å². The fourth-order valence-electron chi connectivity index (χ4n) is 11.0. The Hall–Kier alpha value is -0.440. The zero-order valence-electron chi connectivity index (χ0n) is 15.8. The van der Waals surface area contributed by atoms with Crippen molar-refractivity contribution in [3.8, 4) is 12.3 Å². The predicted octanol–water partition coefficient (Wildman–Crippen LogP) is 6.20. The van der Waals surface area contributed by atoms with Crippen LogP contribution in [0.5, 0.6) is 0 Å². The van der Waals surface area contributed by atoms with E-state index < -0.39 is 0 Å². The molecule has 0 saturated heterocycles. The minimum atomic E-state index is 0.276. The van der Waals surface area contributed by atoms with E-state index in [2.05, 4.69) is 19.8 Å². The Kier molecular flexibility index (Phi) is 2.42. The van der Waals surface area contributed by atoms with Crippen molar-refractivity contribution in [2.75, 3.05) is 0 Å². The summed E-state index contributed by atoms with van der Waals surface area (Å²) in [4.78, 5) is 0. The maximum absolute atomic E-state index is 6.21. The second-order valence-electron chi connectivity index (χ2n) is 12.6. The van der Waals surface area contributed by atoms with Crippen LogP contribution in [0.2, 0.25) is 0 Å². The summed E-state index contributed by atoms with van der Waals surface area (Å²) in [7, 11) is 0. The first-order valence-corrected chi connectivity index (χ1v) is 10.8. The molecule has 0 aromatic rings. The molecule has 8 saturated carbocycles. The fraction of sp³-hybridized carbons (Fsp3) is 0.917. The summed E-state index contributed by atoms with van der Waals surface area (Å²) in [6, 6.07) is 0. The van der Waals surface area contributed by atoms with Crippen LogP contribution in [-0.4, -0.2) is 0 Å². The summed E-state index contributed by atoms with van der Waals surface area (Å²) in [6.07, 6.45) is 24.2. The van der Waals surface area contributed by atoms with Crippen molar-refractivity contribution in [3.05, 3.63) is 0 Å². The third-order valence-electron chi connectivity index (χ3n) is 10.1. The summed E-state index contributed by atoms with van der Waals surface area (Å²) in [6.45, 7) is 5.26. The van der Waals surface area contributed by atoms with Gasteiger partial charge in [0.15, 0.2) is 0 Å². The number of rotatable bonds is 1. The van der Waals surface area contributed by atoms with Crippen LogP contribution in [0.15, 0.2) is 0 Å². The first-order valence-electron chi connectivity index (χ1n) is 10.8. The highest BCUT2D eigenvalue weighted by Gasteiger charge is 2.70. The highest BCUT2D eigenvalue weighted by molar-refractivity contribution is 5.25. The second kappa shape index (κ2) is 3.94. The molecule has 8 aliphatic rings. The van der Waals surface area contributed by atoms with Gasteiger partial charge in [-0.2, -0.15) is 0 Å². The van der Waals surface area contributed by atoms with Gasteiger partial charge in [-0.3, -0.25) is 0 Å². The first kappa shape index (κ1) is 14.7. The normalized spacial score (nSPS) is 66.0. The van der Waals surface area contributed by atoms with Crippen molar-refractivity contribution in [1.82, 2.24) is 0 Å². The maximum Gasteiger partial charge on any atom is 0.0325 e. The van der Waals surface area contributed by atoms with Crippen LogP contribution in [0, 0.1) is 57.2 Å². The Bertz CT molecular complexity index is 637. The predicted molar refractivity (Wildman–Crippen MR) is 98.2 cm³/mol. The van der Waals surface area contributed by atoms with E-state index in [4.69, 9.17) is 6.42 Å². The van der Waals surface area contributed by atoms with E-state index in [1.54, 1.807) is 44.9 Å². The Balaban J connectivity index is 1.49. The van der Waals surface area contributed by atoms with E-state index in [0.717, 1.165) is 17.8 Å². The summed E-state index contributed by atoms with van der Waals surface area (Å²) in [5.74, 6) is 6.46. The van der Waals surface area contributed by atoms with Gasteiger partial charge >= 0.3 is 0 Å². The van der Waals surface area contributed by atoms with Crippen LogP contribution in [0.4, 0.5) is 0 Å². The van der Waals surface area contributed by atoms with Crippen LogP contribution < -0.4 is 0 Å². The molecule has 6 unspecified atom stereocenters. The molecule has 130 valence electrons. The number of hydrogen-bond donors (Lipinski definition) is 0. The third kappa shape index (κ3) is 1.64. The minimum Gasteiger partial charge on any atom is -0.120 e. The van der Waals surface area contributed by atoms with Gasteiger partial charge in [-0.1, -0.05) is 19.8 Å². The van der Waals surface area contributed by atoms with Gasteiger partial charge < -0.3 is 0 Å². The molecule has 8 bridgehead atoms. The Morgan fingerprint density at radius 1 is 0.667 bits per heavy atom. The first-order chi connectivity index (χ1) is 11.3. The van der Waals surface area contributed by atoms with Crippen molar-refractivity contribution in [2.24, 2.45) is 44.8 Å². The average Bonchev–Trinajstić information content (AvgIpc) is 2.42. The molecule has 0 amide bonds. The second-order valence-corrected chi connectivity index (χ2v) is 12.6. The van der Waals surface area contributed by atoms with Crippen molar-refractivity contribution in [2.45, 2.75) is 90.9 Å².